The van der Waals surface area contributed by atoms with Crippen molar-refractivity contribution in [2.75, 3.05) is 0 Å². The third kappa shape index (κ3) is 2.72. The van der Waals surface area contributed by atoms with Crippen molar-refractivity contribution in [3.05, 3.63) is 29.8 Å². The summed E-state index contributed by atoms with van der Waals surface area (Å²) in [5.41, 5.74) is -4.02. The summed E-state index contributed by atoms with van der Waals surface area (Å²) >= 11 is 5.45. The summed E-state index contributed by atoms with van der Waals surface area (Å²) in [5, 5.41) is 0. The number of alkyl halides is 4. The largest absolute Gasteiger partial charge is 0.475 e. The van der Waals surface area contributed by atoms with Crippen LogP contribution in [0.15, 0.2) is 29.2 Å². The summed E-state index contributed by atoms with van der Waals surface area (Å²) in [7, 11) is -2.95. The molecule has 0 saturated carbocycles. The van der Waals surface area contributed by atoms with Gasteiger partial charge in [-0.3, -0.25) is 0 Å². The number of hydrogen-bond acceptors (Lipinski definition) is 1. The third-order valence-electron chi connectivity index (χ3n) is 1.50. The van der Waals surface area contributed by atoms with Crippen molar-refractivity contribution in [2.45, 2.75) is 16.3 Å². The normalized spacial score (nSPS) is 14.0. The van der Waals surface area contributed by atoms with Gasteiger partial charge in [-0.25, -0.2) is 4.21 Å². The molecule has 14 heavy (non-hydrogen) atoms. The van der Waals surface area contributed by atoms with E-state index in [1.165, 1.54) is 24.3 Å². The van der Waals surface area contributed by atoms with E-state index >= 15 is 0 Å². The van der Waals surface area contributed by atoms with Crippen LogP contribution in [0.25, 0.3) is 0 Å². The van der Waals surface area contributed by atoms with E-state index in [4.69, 9.17) is 11.6 Å². The molecule has 0 spiro atoms. The Hall–Kier alpha value is -0.550. The summed E-state index contributed by atoms with van der Waals surface area (Å²) in [6, 6.07) is 5.18. The standard InChI is InChI=1S/C8H6ClF3OS/c9-5-6-1-3-7(4-2-6)14(13)8(10,11)12/h1-4H,5H2. The molecule has 0 aliphatic rings. The lowest BCUT2D eigenvalue weighted by atomic mass is 10.2. The number of rotatable bonds is 2. The van der Waals surface area contributed by atoms with Gasteiger partial charge in [-0.15, -0.1) is 11.6 Å². The first-order valence-corrected chi connectivity index (χ1v) is 5.27. The molecule has 0 heterocycles. The van der Waals surface area contributed by atoms with Crippen LogP contribution in [-0.4, -0.2) is 9.72 Å². The van der Waals surface area contributed by atoms with Crippen LogP contribution < -0.4 is 0 Å². The highest BCUT2D eigenvalue weighted by molar-refractivity contribution is 7.86. The van der Waals surface area contributed by atoms with Gasteiger partial charge in [0.15, 0.2) is 10.8 Å². The Morgan fingerprint density at radius 3 is 2.07 bits per heavy atom. The Bertz CT molecular complexity index is 333. The van der Waals surface area contributed by atoms with Gasteiger partial charge < -0.3 is 0 Å². The second-order valence-electron chi connectivity index (χ2n) is 2.49. The van der Waals surface area contributed by atoms with Crippen LogP contribution >= 0.6 is 11.6 Å². The van der Waals surface area contributed by atoms with E-state index in [1.807, 2.05) is 0 Å². The van der Waals surface area contributed by atoms with Gasteiger partial charge in [0, 0.05) is 10.8 Å². The van der Waals surface area contributed by atoms with E-state index in [1.54, 1.807) is 0 Å². The van der Waals surface area contributed by atoms with Crippen LogP contribution in [0.1, 0.15) is 5.56 Å². The maximum absolute atomic E-state index is 12.0. The second kappa shape index (κ2) is 4.31. The molecule has 0 N–H and O–H groups in total. The highest BCUT2D eigenvalue weighted by Crippen LogP contribution is 2.26. The average molecular weight is 243 g/mol. The van der Waals surface area contributed by atoms with Crippen molar-refractivity contribution in [3.63, 3.8) is 0 Å². The van der Waals surface area contributed by atoms with E-state index in [9.17, 15) is 17.4 Å². The molecule has 1 rings (SSSR count). The number of benzene rings is 1. The summed E-state index contributed by atoms with van der Waals surface area (Å²) in [5.74, 6) is 0.221. The summed E-state index contributed by atoms with van der Waals surface area (Å²) < 4.78 is 46.8. The van der Waals surface area contributed by atoms with Crippen LogP contribution in [-0.2, 0) is 16.7 Å². The molecule has 0 aliphatic heterocycles. The summed E-state index contributed by atoms with van der Waals surface area (Å²) in [4.78, 5) is -0.258. The molecule has 1 atom stereocenters. The van der Waals surface area contributed by atoms with Gasteiger partial charge in [-0.05, 0) is 17.7 Å². The topological polar surface area (TPSA) is 17.1 Å². The smallest absolute Gasteiger partial charge is 0.245 e. The third-order valence-corrected chi connectivity index (χ3v) is 2.93. The highest BCUT2D eigenvalue weighted by Gasteiger charge is 2.37. The monoisotopic (exact) mass is 242 g/mol. The quantitative estimate of drug-likeness (QED) is 0.729. The molecule has 1 aromatic carbocycles. The van der Waals surface area contributed by atoms with Crippen molar-refractivity contribution < 1.29 is 17.4 Å². The molecule has 0 aliphatic carbocycles. The fourth-order valence-corrected chi connectivity index (χ4v) is 1.66. The van der Waals surface area contributed by atoms with E-state index in [-0.39, 0.29) is 10.8 Å². The van der Waals surface area contributed by atoms with Crippen LogP contribution in [0.3, 0.4) is 0 Å². The minimum absolute atomic E-state index is 0.221. The first-order chi connectivity index (χ1) is 6.45. The molecule has 0 amide bonds. The van der Waals surface area contributed by atoms with E-state index in [0.29, 0.717) is 5.56 Å². The molecule has 0 bridgehead atoms. The van der Waals surface area contributed by atoms with Crippen molar-refractivity contribution in [3.8, 4) is 0 Å². The molecule has 0 aromatic heterocycles. The molecule has 1 unspecified atom stereocenters. The SMILES string of the molecule is O=S(c1ccc(CCl)cc1)C(F)(F)F. The van der Waals surface area contributed by atoms with Crippen molar-refractivity contribution in [2.24, 2.45) is 0 Å². The molecule has 6 heteroatoms. The Morgan fingerprint density at radius 1 is 1.21 bits per heavy atom. The lowest BCUT2D eigenvalue weighted by Crippen LogP contribution is -2.16. The van der Waals surface area contributed by atoms with Gasteiger partial charge in [0.05, 0.1) is 0 Å². The van der Waals surface area contributed by atoms with Gasteiger partial charge in [-0.2, -0.15) is 13.2 Å². The zero-order valence-electron chi connectivity index (χ0n) is 6.84. The first-order valence-electron chi connectivity index (χ1n) is 3.58. The summed E-state index contributed by atoms with van der Waals surface area (Å²) in [6.45, 7) is 0. The first kappa shape index (κ1) is 11.5. The highest BCUT2D eigenvalue weighted by atomic mass is 35.5. The van der Waals surface area contributed by atoms with Crippen molar-refractivity contribution in [1.82, 2.24) is 0 Å². The van der Waals surface area contributed by atoms with E-state index < -0.39 is 16.3 Å². The molecule has 78 valence electrons. The van der Waals surface area contributed by atoms with E-state index in [2.05, 4.69) is 0 Å². The lowest BCUT2D eigenvalue weighted by molar-refractivity contribution is -0.0384. The Labute approximate surface area is 86.3 Å². The maximum Gasteiger partial charge on any atom is 0.475 e. The fraction of sp³-hybridized carbons (Fsp3) is 0.250. The van der Waals surface area contributed by atoms with E-state index in [0.717, 1.165) is 0 Å². The van der Waals surface area contributed by atoms with Gasteiger partial charge in [0.1, 0.15) is 0 Å². The zero-order chi connectivity index (χ0) is 10.8. The Morgan fingerprint density at radius 2 is 1.71 bits per heavy atom. The number of halogens is 4. The molecular formula is C8H6ClF3OS. The van der Waals surface area contributed by atoms with Crippen molar-refractivity contribution in [1.29, 1.82) is 0 Å². The molecule has 0 radical (unpaired) electrons. The minimum atomic E-state index is -4.71. The van der Waals surface area contributed by atoms with Crippen LogP contribution in [0.4, 0.5) is 13.2 Å². The minimum Gasteiger partial charge on any atom is -0.245 e. The summed E-state index contributed by atoms with van der Waals surface area (Å²) in [6.07, 6.45) is 0. The van der Waals surface area contributed by atoms with Gasteiger partial charge >= 0.3 is 5.51 Å². The van der Waals surface area contributed by atoms with Gasteiger partial charge in [-0.1, -0.05) is 12.1 Å². The predicted octanol–water partition coefficient (Wildman–Crippen LogP) is 3.05. The molecule has 0 fully saturated rings. The van der Waals surface area contributed by atoms with Crippen LogP contribution in [0.2, 0.25) is 0 Å². The van der Waals surface area contributed by atoms with Gasteiger partial charge in [0.2, 0.25) is 0 Å². The fourth-order valence-electron chi connectivity index (χ4n) is 0.836. The van der Waals surface area contributed by atoms with Crippen LogP contribution in [0, 0.1) is 0 Å². The van der Waals surface area contributed by atoms with Crippen LogP contribution in [0.5, 0.6) is 0 Å². The molecular weight excluding hydrogens is 237 g/mol. The molecule has 1 aromatic rings. The molecule has 0 saturated heterocycles. The maximum atomic E-state index is 12.0. The average Bonchev–Trinajstić information content (AvgIpc) is 2.15. The zero-order valence-corrected chi connectivity index (χ0v) is 8.42. The number of hydrogen-bond donors (Lipinski definition) is 0. The second-order valence-corrected chi connectivity index (χ2v) is 4.23. The Balaban J connectivity index is 2.93. The van der Waals surface area contributed by atoms with Gasteiger partial charge in [0.25, 0.3) is 0 Å². The predicted molar refractivity (Wildman–Crippen MR) is 48.5 cm³/mol. The lowest BCUT2D eigenvalue weighted by Gasteiger charge is -2.05. The van der Waals surface area contributed by atoms with Crippen molar-refractivity contribution >= 4 is 22.4 Å². The Kier molecular flexibility index (Phi) is 3.55. The molecule has 1 nitrogen and oxygen atoms in total.